The standard InChI is InChI=1S/C17H17Cl2N5O2S2/c1-2-23(9-14(25)20-7-12-4-3-5-27-12)15(26)10-28-17-22-21-16-13(19)6-11(18)8-24(16)17/h3-6,8H,2,7,9-10H2,1H3,(H,20,25). The number of likely N-dealkylation sites (N-methyl/N-ethyl adjacent to an activating group) is 1. The van der Waals surface area contributed by atoms with Gasteiger partial charge >= 0.3 is 0 Å². The summed E-state index contributed by atoms with van der Waals surface area (Å²) in [6.07, 6.45) is 1.64. The molecule has 148 valence electrons. The molecule has 0 atom stereocenters. The van der Waals surface area contributed by atoms with Gasteiger partial charge in [0, 0.05) is 17.6 Å². The number of fused-ring (bicyclic) bond motifs is 1. The first-order valence-corrected chi connectivity index (χ1v) is 11.0. The summed E-state index contributed by atoms with van der Waals surface area (Å²) in [5.41, 5.74) is 0.473. The quantitative estimate of drug-likeness (QED) is 0.524. The van der Waals surface area contributed by atoms with Gasteiger partial charge in [-0.15, -0.1) is 21.5 Å². The lowest BCUT2D eigenvalue weighted by atomic mass is 10.4. The first-order chi connectivity index (χ1) is 13.5. The number of thiophene rings is 1. The van der Waals surface area contributed by atoms with E-state index in [1.165, 1.54) is 16.7 Å². The Morgan fingerprint density at radius 3 is 2.89 bits per heavy atom. The zero-order valence-electron chi connectivity index (χ0n) is 14.9. The van der Waals surface area contributed by atoms with Crippen LogP contribution in [0.1, 0.15) is 11.8 Å². The van der Waals surface area contributed by atoms with Crippen LogP contribution in [0.5, 0.6) is 0 Å². The Hall–Kier alpha value is -1.81. The van der Waals surface area contributed by atoms with Gasteiger partial charge in [-0.3, -0.25) is 14.0 Å². The number of carbonyl (C=O) groups is 2. The van der Waals surface area contributed by atoms with Crippen LogP contribution >= 0.6 is 46.3 Å². The van der Waals surface area contributed by atoms with Crippen LogP contribution in [0.15, 0.2) is 34.9 Å². The molecule has 0 saturated carbocycles. The van der Waals surface area contributed by atoms with Crippen LogP contribution in [0.2, 0.25) is 10.0 Å². The van der Waals surface area contributed by atoms with Crippen molar-refractivity contribution in [2.45, 2.75) is 18.6 Å². The summed E-state index contributed by atoms with van der Waals surface area (Å²) in [5, 5.41) is 14.2. The number of nitrogens with one attached hydrogen (secondary N) is 1. The summed E-state index contributed by atoms with van der Waals surface area (Å²) in [4.78, 5) is 27.2. The van der Waals surface area contributed by atoms with E-state index in [0.717, 1.165) is 4.88 Å². The highest BCUT2D eigenvalue weighted by atomic mass is 35.5. The minimum Gasteiger partial charge on any atom is -0.350 e. The van der Waals surface area contributed by atoms with Crippen molar-refractivity contribution in [1.29, 1.82) is 0 Å². The van der Waals surface area contributed by atoms with E-state index < -0.39 is 0 Å². The van der Waals surface area contributed by atoms with E-state index in [9.17, 15) is 9.59 Å². The van der Waals surface area contributed by atoms with Gasteiger partial charge in [-0.2, -0.15) is 0 Å². The van der Waals surface area contributed by atoms with Crippen molar-refractivity contribution in [3.05, 3.63) is 44.7 Å². The maximum absolute atomic E-state index is 12.5. The molecule has 0 aliphatic heterocycles. The van der Waals surface area contributed by atoms with Gasteiger partial charge in [0.15, 0.2) is 10.8 Å². The number of thioether (sulfide) groups is 1. The van der Waals surface area contributed by atoms with Gasteiger partial charge in [0.05, 0.1) is 28.9 Å². The Morgan fingerprint density at radius 2 is 2.18 bits per heavy atom. The SMILES string of the molecule is CCN(CC(=O)NCc1cccs1)C(=O)CSc1nnc2c(Cl)cc(Cl)cn12. The molecule has 1 N–H and O–H groups in total. The number of hydrogen-bond acceptors (Lipinski definition) is 6. The molecular formula is C17H17Cl2N5O2S2. The molecule has 11 heteroatoms. The summed E-state index contributed by atoms with van der Waals surface area (Å²) in [6, 6.07) is 5.46. The molecule has 0 aliphatic rings. The third kappa shape index (κ3) is 5.16. The van der Waals surface area contributed by atoms with Crippen molar-refractivity contribution < 1.29 is 9.59 Å². The second-order valence-electron chi connectivity index (χ2n) is 5.74. The first kappa shape index (κ1) is 20.9. The Labute approximate surface area is 180 Å². The number of rotatable bonds is 8. The predicted molar refractivity (Wildman–Crippen MR) is 112 cm³/mol. The Bertz CT molecular complexity index is 978. The molecule has 7 nitrogen and oxygen atoms in total. The van der Waals surface area contributed by atoms with Crippen molar-refractivity contribution in [1.82, 2.24) is 24.8 Å². The van der Waals surface area contributed by atoms with E-state index in [1.54, 1.807) is 28.0 Å². The summed E-state index contributed by atoms with van der Waals surface area (Å²) >= 11 is 14.9. The summed E-state index contributed by atoms with van der Waals surface area (Å²) in [7, 11) is 0. The highest BCUT2D eigenvalue weighted by Gasteiger charge is 2.18. The molecule has 3 aromatic heterocycles. The number of amides is 2. The fourth-order valence-electron chi connectivity index (χ4n) is 2.42. The zero-order valence-corrected chi connectivity index (χ0v) is 18.0. The highest BCUT2D eigenvalue weighted by Crippen LogP contribution is 2.25. The number of hydrogen-bond donors (Lipinski definition) is 1. The van der Waals surface area contributed by atoms with E-state index in [1.807, 2.05) is 24.4 Å². The average Bonchev–Trinajstić information content (AvgIpc) is 3.32. The van der Waals surface area contributed by atoms with E-state index in [0.29, 0.717) is 33.9 Å². The maximum Gasteiger partial charge on any atom is 0.239 e. The molecule has 0 bridgehead atoms. The molecule has 3 rings (SSSR count). The third-order valence-electron chi connectivity index (χ3n) is 3.83. The number of carbonyl (C=O) groups excluding carboxylic acids is 2. The van der Waals surface area contributed by atoms with Gasteiger partial charge in [0.1, 0.15) is 0 Å². The molecule has 0 spiro atoms. The van der Waals surface area contributed by atoms with Crippen LogP contribution in [0.3, 0.4) is 0 Å². The second-order valence-corrected chi connectivity index (χ2v) is 8.55. The monoisotopic (exact) mass is 457 g/mol. The normalized spacial score (nSPS) is 11.0. The highest BCUT2D eigenvalue weighted by molar-refractivity contribution is 7.99. The van der Waals surface area contributed by atoms with E-state index in [2.05, 4.69) is 15.5 Å². The topological polar surface area (TPSA) is 79.6 Å². The first-order valence-electron chi connectivity index (χ1n) is 8.37. The molecule has 28 heavy (non-hydrogen) atoms. The van der Waals surface area contributed by atoms with Crippen molar-refractivity contribution in [3.8, 4) is 0 Å². The molecule has 3 aromatic rings. The van der Waals surface area contributed by atoms with Gasteiger partial charge in [-0.1, -0.05) is 41.0 Å². The minimum atomic E-state index is -0.194. The minimum absolute atomic E-state index is 0.0134. The fraction of sp³-hybridized carbons (Fsp3) is 0.294. The second kappa shape index (κ2) is 9.60. The summed E-state index contributed by atoms with van der Waals surface area (Å²) < 4.78 is 1.65. The molecule has 2 amide bonds. The van der Waals surface area contributed by atoms with Gasteiger partial charge < -0.3 is 10.2 Å². The van der Waals surface area contributed by atoms with Gasteiger partial charge in [0.2, 0.25) is 11.8 Å². The smallest absolute Gasteiger partial charge is 0.239 e. The molecule has 0 fully saturated rings. The summed E-state index contributed by atoms with van der Waals surface area (Å²) in [5.74, 6) is -0.236. The van der Waals surface area contributed by atoms with Crippen LogP contribution in [-0.4, -0.2) is 50.2 Å². The van der Waals surface area contributed by atoms with Crippen LogP contribution in [0.25, 0.3) is 5.65 Å². The van der Waals surface area contributed by atoms with E-state index in [-0.39, 0.29) is 24.1 Å². The maximum atomic E-state index is 12.5. The fourth-order valence-corrected chi connectivity index (χ4v) is 4.39. The molecule has 0 saturated heterocycles. The third-order valence-corrected chi connectivity index (χ3v) is 6.12. The number of halogens is 2. The molecule has 0 radical (unpaired) electrons. The molecular weight excluding hydrogens is 441 g/mol. The molecule has 0 unspecified atom stereocenters. The van der Waals surface area contributed by atoms with Crippen molar-refractivity contribution in [2.75, 3.05) is 18.8 Å². The number of aromatic nitrogens is 3. The molecule has 3 heterocycles. The Balaban J connectivity index is 1.56. The zero-order chi connectivity index (χ0) is 20.1. The van der Waals surface area contributed by atoms with Crippen LogP contribution < -0.4 is 5.32 Å². The largest absolute Gasteiger partial charge is 0.350 e. The lowest BCUT2D eigenvalue weighted by Crippen LogP contribution is -2.41. The van der Waals surface area contributed by atoms with Crippen molar-refractivity contribution >= 4 is 63.8 Å². The summed E-state index contributed by atoms with van der Waals surface area (Å²) in [6.45, 7) is 2.74. The van der Waals surface area contributed by atoms with Gasteiger partial charge in [0.25, 0.3) is 0 Å². The Kier molecular flexibility index (Phi) is 7.17. The molecule has 0 aliphatic carbocycles. The molecule has 0 aromatic carbocycles. The van der Waals surface area contributed by atoms with Gasteiger partial charge in [-0.25, -0.2) is 0 Å². The van der Waals surface area contributed by atoms with Crippen molar-refractivity contribution in [3.63, 3.8) is 0 Å². The average molecular weight is 458 g/mol. The predicted octanol–water partition coefficient (Wildman–Crippen LogP) is 3.35. The van der Waals surface area contributed by atoms with E-state index >= 15 is 0 Å². The lowest BCUT2D eigenvalue weighted by Gasteiger charge is -2.20. The number of pyridine rings is 1. The van der Waals surface area contributed by atoms with Crippen LogP contribution in [0, 0.1) is 0 Å². The Morgan fingerprint density at radius 1 is 1.36 bits per heavy atom. The van der Waals surface area contributed by atoms with Crippen LogP contribution in [-0.2, 0) is 16.1 Å². The lowest BCUT2D eigenvalue weighted by molar-refractivity contribution is -0.133. The van der Waals surface area contributed by atoms with Crippen LogP contribution in [0.4, 0.5) is 0 Å². The van der Waals surface area contributed by atoms with E-state index in [4.69, 9.17) is 23.2 Å². The van der Waals surface area contributed by atoms with Gasteiger partial charge in [-0.05, 0) is 24.4 Å². The number of nitrogens with zero attached hydrogens (tertiary/aromatic N) is 4. The van der Waals surface area contributed by atoms with Crippen molar-refractivity contribution in [2.24, 2.45) is 0 Å².